The number of hydrogen-bond donors (Lipinski definition) is 1. The van der Waals surface area contributed by atoms with Gasteiger partial charge in [-0.2, -0.15) is 5.10 Å². The molecule has 3 rings (SSSR count). The average molecular weight is 372 g/mol. The van der Waals surface area contributed by atoms with Crippen molar-refractivity contribution in [2.75, 3.05) is 13.7 Å². The molecular weight excluding hydrogens is 344 g/mol. The molecule has 0 saturated carbocycles. The number of nitrogens with zero attached hydrogens (tertiary/aromatic N) is 3. The number of rotatable bonds is 5. The van der Waals surface area contributed by atoms with Crippen LogP contribution in [0.4, 0.5) is 0 Å². The summed E-state index contributed by atoms with van der Waals surface area (Å²) in [5.74, 6) is 0.205. The molecule has 1 aliphatic carbocycles. The first-order valence-electron chi connectivity index (χ1n) is 9.49. The van der Waals surface area contributed by atoms with Gasteiger partial charge in [-0.25, -0.2) is 0 Å². The van der Waals surface area contributed by atoms with Gasteiger partial charge in [-0.05, 0) is 39.0 Å². The molecule has 27 heavy (non-hydrogen) atoms. The normalized spacial score (nSPS) is 17.2. The lowest BCUT2D eigenvalue weighted by molar-refractivity contribution is -0.149. The maximum Gasteiger partial charge on any atom is 0.315 e. The second-order valence-electron chi connectivity index (χ2n) is 8.08. The smallest absolute Gasteiger partial charge is 0.315 e. The Bertz CT molecular complexity index is 831. The zero-order valence-corrected chi connectivity index (χ0v) is 16.8. The Hall–Kier alpha value is -2.44. The third-order valence-corrected chi connectivity index (χ3v) is 5.16. The molecular formula is C20H28N4O3. The molecule has 1 N–H and O–H groups in total. The fraction of sp³-hybridized carbons (Fsp3) is 0.600. The number of aliphatic imine (C=N–C) groups is 1. The van der Waals surface area contributed by atoms with Gasteiger partial charge < -0.3 is 10.1 Å². The van der Waals surface area contributed by atoms with Crippen molar-refractivity contribution in [2.45, 2.75) is 53.5 Å². The van der Waals surface area contributed by atoms with Crippen molar-refractivity contribution in [3.05, 3.63) is 28.6 Å². The summed E-state index contributed by atoms with van der Waals surface area (Å²) in [6.07, 6.45) is 4.75. The Balaban J connectivity index is 1.89. The first-order valence-corrected chi connectivity index (χ1v) is 9.49. The van der Waals surface area contributed by atoms with Crippen LogP contribution >= 0.6 is 0 Å². The maximum atomic E-state index is 12.8. The summed E-state index contributed by atoms with van der Waals surface area (Å²) in [6, 6.07) is 0. The Morgan fingerprint density at radius 1 is 1.37 bits per heavy atom. The van der Waals surface area contributed by atoms with Crippen LogP contribution in [0.15, 0.2) is 16.6 Å². The van der Waals surface area contributed by atoms with E-state index in [1.165, 1.54) is 18.4 Å². The van der Waals surface area contributed by atoms with Gasteiger partial charge in [0.2, 0.25) is 0 Å². The lowest BCUT2D eigenvalue weighted by Gasteiger charge is -2.23. The predicted octanol–water partition coefficient (Wildman–Crippen LogP) is 2.03. The summed E-state index contributed by atoms with van der Waals surface area (Å²) in [4.78, 5) is 29.5. The van der Waals surface area contributed by atoms with E-state index >= 15 is 0 Å². The largest absolute Gasteiger partial charge is 0.468 e. The number of hydrogen-bond acceptors (Lipinski definition) is 5. The molecule has 7 nitrogen and oxygen atoms in total. The van der Waals surface area contributed by atoms with E-state index in [0.717, 1.165) is 31.5 Å². The van der Waals surface area contributed by atoms with Crippen LogP contribution in [-0.4, -0.2) is 41.1 Å². The van der Waals surface area contributed by atoms with Crippen LogP contribution in [-0.2, 0) is 33.7 Å². The first kappa shape index (κ1) is 19.3. The van der Waals surface area contributed by atoms with Crippen molar-refractivity contribution in [3.63, 3.8) is 0 Å². The van der Waals surface area contributed by atoms with Gasteiger partial charge >= 0.3 is 5.97 Å². The highest BCUT2D eigenvalue weighted by Crippen LogP contribution is 2.30. The highest BCUT2D eigenvalue weighted by atomic mass is 16.5. The van der Waals surface area contributed by atoms with Crippen LogP contribution in [0.3, 0.4) is 0 Å². The number of nitrogens with one attached hydrogen (secondary N) is 1. The van der Waals surface area contributed by atoms with Crippen LogP contribution in [0.5, 0.6) is 0 Å². The monoisotopic (exact) mass is 372 g/mol. The van der Waals surface area contributed by atoms with Crippen LogP contribution in [0, 0.1) is 11.3 Å². The molecule has 1 aromatic rings. The summed E-state index contributed by atoms with van der Waals surface area (Å²) < 4.78 is 6.92. The number of fused-ring (bicyclic) bond motifs is 1. The molecule has 7 heteroatoms. The summed E-state index contributed by atoms with van der Waals surface area (Å²) in [5, 5.41) is 7.65. The van der Waals surface area contributed by atoms with Crippen LogP contribution in [0.2, 0.25) is 0 Å². The van der Waals surface area contributed by atoms with Crippen molar-refractivity contribution in [1.82, 2.24) is 15.1 Å². The third kappa shape index (κ3) is 3.55. The molecule has 0 atom stereocenters. The summed E-state index contributed by atoms with van der Waals surface area (Å²) >= 11 is 0. The van der Waals surface area contributed by atoms with E-state index in [0.29, 0.717) is 23.9 Å². The fourth-order valence-corrected chi connectivity index (χ4v) is 3.77. The topological polar surface area (TPSA) is 85.6 Å². The number of ether oxygens (including phenoxy) is 1. The second-order valence-corrected chi connectivity index (χ2v) is 8.08. The number of carbonyl (C=O) groups excluding carboxylic acids is 2. The summed E-state index contributed by atoms with van der Waals surface area (Å²) in [5.41, 5.74) is 2.53. The van der Waals surface area contributed by atoms with Gasteiger partial charge in [0, 0.05) is 23.4 Å². The maximum absolute atomic E-state index is 12.8. The minimum absolute atomic E-state index is 0.315. The SMILES string of the molecule is COC(=O)C(C)(C)C1=CCN=C(c2nn(CC(C)C)c3c2CCC3)NC1=O. The van der Waals surface area contributed by atoms with E-state index in [4.69, 9.17) is 9.84 Å². The van der Waals surface area contributed by atoms with E-state index in [1.807, 2.05) is 0 Å². The molecule has 0 aromatic carbocycles. The number of amidine groups is 1. The number of carbonyl (C=O) groups is 2. The molecule has 146 valence electrons. The van der Waals surface area contributed by atoms with E-state index < -0.39 is 11.4 Å². The van der Waals surface area contributed by atoms with Gasteiger partial charge in [-0.15, -0.1) is 0 Å². The van der Waals surface area contributed by atoms with E-state index in [-0.39, 0.29) is 5.91 Å². The lowest BCUT2D eigenvalue weighted by atomic mass is 9.83. The van der Waals surface area contributed by atoms with Gasteiger partial charge in [0.15, 0.2) is 5.84 Å². The Morgan fingerprint density at radius 2 is 2.11 bits per heavy atom. The van der Waals surface area contributed by atoms with E-state index in [2.05, 4.69) is 28.8 Å². The van der Waals surface area contributed by atoms with Crippen LogP contribution in [0.1, 0.15) is 51.1 Å². The second kappa shape index (κ2) is 7.29. The predicted molar refractivity (Wildman–Crippen MR) is 103 cm³/mol. The molecule has 0 unspecified atom stereocenters. The van der Waals surface area contributed by atoms with Crippen molar-refractivity contribution in [1.29, 1.82) is 0 Å². The van der Waals surface area contributed by atoms with E-state index in [9.17, 15) is 9.59 Å². The molecule has 0 radical (unpaired) electrons. The van der Waals surface area contributed by atoms with Crippen molar-refractivity contribution in [2.24, 2.45) is 16.3 Å². The summed E-state index contributed by atoms with van der Waals surface area (Å²) in [7, 11) is 1.33. The van der Waals surface area contributed by atoms with E-state index in [1.54, 1.807) is 19.9 Å². The van der Waals surface area contributed by atoms with Crippen LogP contribution < -0.4 is 5.32 Å². The van der Waals surface area contributed by atoms with Gasteiger partial charge in [0.25, 0.3) is 5.91 Å². The first-order chi connectivity index (χ1) is 12.8. The Labute approximate surface area is 159 Å². The molecule has 1 amide bonds. The minimum atomic E-state index is -1.04. The highest BCUT2D eigenvalue weighted by Gasteiger charge is 2.38. The van der Waals surface area contributed by atoms with Gasteiger partial charge in [-0.1, -0.05) is 19.9 Å². The van der Waals surface area contributed by atoms with Gasteiger partial charge in [-0.3, -0.25) is 19.3 Å². The van der Waals surface area contributed by atoms with Crippen molar-refractivity contribution >= 4 is 17.7 Å². The third-order valence-electron chi connectivity index (χ3n) is 5.16. The highest BCUT2D eigenvalue weighted by molar-refractivity contribution is 6.14. The lowest BCUT2D eigenvalue weighted by Crippen LogP contribution is -2.39. The van der Waals surface area contributed by atoms with Crippen LogP contribution in [0.25, 0.3) is 0 Å². The molecule has 0 bridgehead atoms. The zero-order chi connectivity index (χ0) is 19.8. The molecule has 2 aliphatic rings. The number of amides is 1. The van der Waals surface area contributed by atoms with Crippen molar-refractivity contribution < 1.29 is 14.3 Å². The number of methoxy groups -OCH3 is 1. The molecule has 2 heterocycles. The molecule has 0 spiro atoms. The fourth-order valence-electron chi connectivity index (χ4n) is 3.77. The number of aromatic nitrogens is 2. The zero-order valence-electron chi connectivity index (χ0n) is 16.8. The average Bonchev–Trinajstić information content (AvgIpc) is 3.14. The molecule has 1 aliphatic heterocycles. The quantitative estimate of drug-likeness (QED) is 0.802. The Morgan fingerprint density at radius 3 is 2.78 bits per heavy atom. The Kier molecular flexibility index (Phi) is 5.22. The molecule has 0 saturated heterocycles. The summed E-state index contributed by atoms with van der Waals surface area (Å²) in [6.45, 7) is 8.87. The molecule has 0 fully saturated rings. The molecule has 1 aromatic heterocycles. The van der Waals surface area contributed by atoms with Gasteiger partial charge in [0.1, 0.15) is 5.69 Å². The van der Waals surface area contributed by atoms with Crippen molar-refractivity contribution in [3.8, 4) is 0 Å². The number of esters is 1. The minimum Gasteiger partial charge on any atom is -0.468 e. The standard InChI is InChI=1S/C20H28N4O3/c1-12(2)11-24-15-8-6-7-13(15)16(23-24)17-21-10-9-14(18(25)22-17)20(3,4)19(26)27-5/h9,12H,6-8,10-11H2,1-5H3,(H,21,22,25). The van der Waals surface area contributed by atoms with Gasteiger partial charge in [0.05, 0.1) is 19.1 Å².